The van der Waals surface area contributed by atoms with Gasteiger partial charge in [0.2, 0.25) is 0 Å². The van der Waals surface area contributed by atoms with Crippen LogP contribution in [0.1, 0.15) is 33.3 Å². The van der Waals surface area contributed by atoms with Crippen molar-refractivity contribution in [3.63, 3.8) is 0 Å². The fourth-order valence-electron chi connectivity index (χ4n) is 2.58. The topological polar surface area (TPSA) is 58.2 Å². The monoisotopic (exact) mass is 305 g/mol. The minimum atomic E-state index is 0.0298. The van der Waals surface area contributed by atoms with E-state index >= 15 is 0 Å². The van der Waals surface area contributed by atoms with E-state index in [0.717, 1.165) is 25.1 Å². The lowest BCUT2D eigenvalue weighted by molar-refractivity contribution is 0.0795. The zero-order valence-electron chi connectivity index (χ0n) is 12.0. The van der Waals surface area contributed by atoms with E-state index in [-0.39, 0.29) is 11.8 Å². The molecule has 6 heteroatoms. The van der Waals surface area contributed by atoms with Crippen LogP contribution in [0.2, 0.25) is 0 Å². The van der Waals surface area contributed by atoms with Gasteiger partial charge in [-0.2, -0.15) is 5.10 Å². The number of aromatic amines is 1. The molecule has 1 aliphatic heterocycles. The first-order valence-electron chi connectivity index (χ1n) is 7.14. The van der Waals surface area contributed by atoms with Gasteiger partial charge in [0.25, 0.3) is 5.91 Å². The van der Waals surface area contributed by atoms with E-state index in [4.69, 9.17) is 4.74 Å². The number of hydrogen-bond donors (Lipinski definition) is 1. The Morgan fingerprint density at radius 2 is 2.52 bits per heavy atom. The predicted octanol–water partition coefficient (Wildman–Crippen LogP) is 2.29. The summed E-state index contributed by atoms with van der Waals surface area (Å²) in [5.41, 5.74) is 1.60. The van der Waals surface area contributed by atoms with Gasteiger partial charge in [0.05, 0.1) is 24.1 Å². The van der Waals surface area contributed by atoms with Crippen molar-refractivity contribution in [3.8, 4) is 0 Å². The molecule has 0 aliphatic carbocycles. The highest BCUT2D eigenvalue weighted by Crippen LogP contribution is 2.26. The molecular formula is C15H19N3O2S. The third-order valence-electron chi connectivity index (χ3n) is 3.86. The molecule has 0 spiro atoms. The Hall–Kier alpha value is -1.66. The summed E-state index contributed by atoms with van der Waals surface area (Å²) in [6, 6.07) is 4.14. The van der Waals surface area contributed by atoms with Crippen LogP contribution in [0.5, 0.6) is 0 Å². The first-order chi connectivity index (χ1) is 10.3. The second-order valence-electron chi connectivity index (χ2n) is 5.31. The van der Waals surface area contributed by atoms with Gasteiger partial charge in [0.1, 0.15) is 0 Å². The zero-order valence-corrected chi connectivity index (χ0v) is 12.9. The number of amides is 1. The van der Waals surface area contributed by atoms with Crippen LogP contribution in [0.4, 0.5) is 0 Å². The van der Waals surface area contributed by atoms with E-state index in [0.29, 0.717) is 18.7 Å². The Balaban J connectivity index is 1.65. The number of ether oxygens (including phenoxy) is 1. The summed E-state index contributed by atoms with van der Waals surface area (Å²) in [5.74, 6) is 0.291. The number of nitrogens with one attached hydrogen (secondary N) is 1. The fraction of sp³-hybridized carbons (Fsp3) is 0.467. The molecular weight excluding hydrogens is 286 g/mol. The van der Waals surface area contributed by atoms with Crippen molar-refractivity contribution in [1.29, 1.82) is 0 Å². The minimum Gasteiger partial charge on any atom is -0.381 e. The lowest BCUT2D eigenvalue weighted by Gasteiger charge is -2.17. The molecule has 1 N–H and O–H groups in total. The summed E-state index contributed by atoms with van der Waals surface area (Å²) in [7, 11) is 1.85. The quantitative estimate of drug-likeness (QED) is 0.922. The van der Waals surface area contributed by atoms with Crippen molar-refractivity contribution in [2.45, 2.75) is 18.8 Å². The molecule has 2 aromatic heterocycles. The van der Waals surface area contributed by atoms with Crippen molar-refractivity contribution in [2.24, 2.45) is 0 Å². The number of rotatable bonds is 5. The molecule has 1 fully saturated rings. The summed E-state index contributed by atoms with van der Waals surface area (Å²) in [6.45, 7) is 2.14. The fourth-order valence-corrected chi connectivity index (χ4v) is 3.28. The Morgan fingerprint density at radius 3 is 3.24 bits per heavy atom. The first kappa shape index (κ1) is 14.3. The van der Waals surface area contributed by atoms with E-state index in [1.54, 1.807) is 22.4 Å². The molecule has 0 radical (unpaired) electrons. The number of likely N-dealkylation sites (N-methyl/N-ethyl adjacent to an activating group) is 1. The molecule has 1 amide bonds. The highest BCUT2D eigenvalue weighted by Gasteiger charge is 2.26. The summed E-state index contributed by atoms with van der Waals surface area (Å²) >= 11 is 1.72. The normalized spacial score (nSPS) is 18.0. The first-order valence-corrected chi connectivity index (χ1v) is 8.02. The molecule has 1 aliphatic rings. The number of H-pyrrole nitrogens is 1. The number of aromatic nitrogens is 2. The van der Waals surface area contributed by atoms with Crippen molar-refractivity contribution >= 4 is 17.2 Å². The maximum absolute atomic E-state index is 12.6. The van der Waals surface area contributed by atoms with Gasteiger partial charge in [-0.3, -0.25) is 9.89 Å². The Labute approximate surface area is 127 Å². The van der Waals surface area contributed by atoms with E-state index in [9.17, 15) is 4.79 Å². The van der Waals surface area contributed by atoms with Crippen molar-refractivity contribution < 1.29 is 9.53 Å². The lowest BCUT2D eigenvalue weighted by atomic mass is 10.0. The largest absolute Gasteiger partial charge is 0.381 e. The Bertz CT molecular complexity index is 588. The molecule has 0 saturated carbocycles. The number of nitrogens with zero attached hydrogens (tertiary/aromatic N) is 2. The third-order valence-corrected chi connectivity index (χ3v) is 4.79. The van der Waals surface area contributed by atoms with Gasteiger partial charge in [-0.05, 0) is 24.3 Å². The van der Waals surface area contributed by atoms with Gasteiger partial charge in [0, 0.05) is 31.0 Å². The summed E-state index contributed by atoms with van der Waals surface area (Å²) in [4.78, 5) is 15.6. The molecule has 5 nitrogen and oxygen atoms in total. The maximum Gasteiger partial charge on any atom is 0.257 e. The van der Waals surface area contributed by atoms with Crippen molar-refractivity contribution in [1.82, 2.24) is 15.1 Å². The molecule has 21 heavy (non-hydrogen) atoms. The van der Waals surface area contributed by atoms with Crippen LogP contribution < -0.4 is 0 Å². The molecule has 0 aromatic carbocycles. The van der Waals surface area contributed by atoms with Crippen LogP contribution in [-0.2, 0) is 11.2 Å². The lowest BCUT2D eigenvalue weighted by Crippen LogP contribution is -2.29. The molecule has 0 bridgehead atoms. The number of thiophene rings is 1. The number of carbonyl (C=O) groups is 1. The standard InChI is InChI=1S/C15H19N3O2S/c1-18(6-4-12-3-2-8-21-12)15(19)13-9-16-17-14(13)11-5-7-20-10-11/h2-3,8-9,11H,4-7,10H2,1H3,(H,16,17)/t11-/m1/s1. The summed E-state index contributed by atoms with van der Waals surface area (Å²) in [5, 5.41) is 9.09. The van der Waals surface area contributed by atoms with Gasteiger partial charge in [-0.15, -0.1) is 11.3 Å². The van der Waals surface area contributed by atoms with E-state index in [1.165, 1.54) is 4.88 Å². The van der Waals surface area contributed by atoms with Crippen molar-refractivity contribution in [2.75, 3.05) is 26.8 Å². The van der Waals surface area contributed by atoms with Crippen molar-refractivity contribution in [3.05, 3.63) is 39.8 Å². The van der Waals surface area contributed by atoms with Gasteiger partial charge in [0.15, 0.2) is 0 Å². The average Bonchev–Trinajstić information content (AvgIpc) is 3.25. The second-order valence-corrected chi connectivity index (χ2v) is 6.35. The maximum atomic E-state index is 12.6. The van der Waals surface area contributed by atoms with Crippen LogP contribution in [0, 0.1) is 0 Å². The Morgan fingerprint density at radius 1 is 1.62 bits per heavy atom. The summed E-state index contributed by atoms with van der Waals surface area (Å²) < 4.78 is 5.40. The van der Waals surface area contributed by atoms with Crippen LogP contribution >= 0.6 is 11.3 Å². The predicted molar refractivity (Wildman–Crippen MR) is 81.7 cm³/mol. The number of carbonyl (C=O) groups excluding carboxylic acids is 1. The molecule has 1 saturated heterocycles. The van der Waals surface area contributed by atoms with Crippen LogP contribution in [0.3, 0.4) is 0 Å². The molecule has 3 rings (SSSR count). The zero-order chi connectivity index (χ0) is 14.7. The SMILES string of the molecule is CN(CCc1cccs1)C(=O)c1cn[nH]c1[C@@H]1CCOC1. The molecule has 2 aromatic rings. The number of hydrogen-bond acceptors (Lipinski definition) is 4. The molecule has 112 valence electrons. The average molecular weight is 305 g/mol. The van der Waals surface area contributed by atoms with Gasteiger partial charge < -0.3 is 9.64 Å². The second kappa shape index (κ2) is 6.41. The van der Waals surface area contributed by atoms with Gasteiger partial charge in [-0.25, -0.2) is 0 Å². The van der Waals surface area contributed by atoms with Gasteiger partial charge >= 0.3 is 0 Å². The van der Waals surface area contributed by atoms with E-state index < -0.39 is 0 Å². The highest BCUT2D eigenvalue weighted by molar-refractivity contribution is 7.09. The Kier molecular flexibility index (Phi) is 4.36. The van der Waals surface area contributed by atoms with Crippen LogP contribution in [0.25, 0.3) is 0 Å². The highest BCUT2D eigenvalue weighted by atomic mass is 32.1. The molecule has 3 heterocycles. The van der Waals surface area contributed by atoms with Gasteiger partial charge in [-0.1, -0.05) is 6.07 Å². The smallest absolute Gasteiger partial charge is 0.257 e. The third kappa shape index (κ3) is 3.16. The van der Waals surface area contributed by atoms with Crippen LogP contribution in [0.15, 0.2) is 23.7 Å². The molecule has 0 unspecified atom stereocenters. The minimum absolute atomic E-state index is 0.0298. The van der Waals surface area contributed by atoms with Crippen LogP contribution in [-0.4, -0.2) is 47.8 Å². The summed E-state index contributed by atoms with van der Waals surface area (Å²) in [6.07, 6.45) is 3.47. The van der Waals surface area contributed by atoms with E-state index in [1.807, 2.05) is 13.1 Å². The molecule has 1 atom stereocenters. The van der Waals surface area contributed by atoms with E-state index in [2.05, 4.69) is 21.6 Å².